The molecular weight excluding hydrogens is 212 g/mol. The number of hydrogen-bond acceptors (Lipinski definition) is 4. The van der Waals surface area contributed by atoms with E-state index < -0.39 is 0 Å². The summed E-state index contributed by atoms with van der Waals surface area (Å²) >= 11 is 0. The first-order valence-electron chi connectivity index (χ1n) is 5.86. The van der Waals surface area contributed by atoms with Gasteiger partial charge in [-0.15, -0.1) is 5.10 Å². The normalized spacial score (nSPS) is 11.0. The Morgan fingerprint density at radius 3 is 2.88 bits per heavy atom. The molecule has 0 spiro atoms. The zero-order valence-electron chi connectivity index (χ0n) is 10.3. The highest BCUT2D eigenvalue weighted by Gasteiger charge is 2.01. The second-order valence-electron chi connectivity index (χ2n) is 4.36. The van der Waals surface area contributed by atoms with Gasteiger partial charge >= 0.3 is 0 Å². The molecule has 0 atom stereocenters. The smallest absolute Gasteiger partial charge is 0.156 e. The lowest BCUT2D eigenvalue weighted by Crippen LogP contribution is -2.16. The fourth-order valence-corrected chi connectivity index (χ4v) is 1.76. The summed E-state index contributed by atoms with van der Waals surface area (Å²) in [5, 5.41) is 13.7. The Bertz CT molecular complexity index is 476. The van der Waals surface area contributed by atoms with Crippen molar-refractivity contribution >= 4 is 16.6 Å². The van der Waals surface area contributed by atoms with Gasteiger partial charge in [-0.2, -0.15) is 5.10 Å². The molecule has 17 heavy (non-hydrogen) atoms. The highest BCUT2D eigenvalue weighted by Crippen LogP contribution is 2.18. The van der Waals surface area contributed by atoms with Crippen molar-refractivity contribution in [3.63, 3.8) is 0 Å². The molecule has 1 heterocycles. The van der Waals surface area contributed by atoms with Gasteiger partial charge < -0.3 is 10.2 Å². The Balaban J connectivity index is 2.03. The van der Waals surface area contributed by atoms with Gasteiger partial charge in [-0.3, -0.25) is 0 Å². The standard InChI is InChI=1S/C13H18N4/c1-17(2)9-5-8-14-13-12-7-4-3-6-11(12)10-15-16-13/h3-4,6-7,10H,5,8-9H2,1-2H3,(H,14,16). The van der Waals surface area contributed by atoms with E-state index in [1.807, 2.05) is 12.1 Å². The molecule has 0 fully saturated rings. The summed E-state index contributed by atoms with van der Waals surface area (Å²) in [6.07, 6.45) is 2.89. The van der Waals surface area contributed by atoms with Crippen LogP contribution in [0.15, 0.2) is 30.5 Å². The van der Waals surface area contributed by atoms with E-state index in [0.29, 0.717) is 0 Å². The third kappa shape index (κ3) is 3.14. The molecule has 4 heteroatoms. The number of aromatic nitrogens is 2. The third-order valence-corrected chi connectivity index (χ3v) is 2.65. The Labute approximate surface area is 102 Å². The molecule has 0 bridgehead atoms. The number of rotatable bonds is 5. The van der Waals surface area contributed by atoms with Crippen LogP contribution in [-0.2, 0) is 0 Å². The molecule has 0 amide bonds. The fourth-order valence-electron chi connectivity index (χ4n) is 1.76. The Kier molecular flexibility index (Phi) is 3.88. The molecule has 0 aliphatic rings. The van der Waals surface area contributed by atoms with Gasteiger partial charge in [-0.05, 0) is 27.1 Å². The van der Waals surface area contributed by atoms with Gasteiger partial charge in [0.1, 0.15) is 0 Å². The predicted octanol–water partition coefficient (Wildman–Crippen LogP) is 1.99. The van der Waals surface area contributed by atoms with Crippen LogP contribution < -0.4 is 5.32 Å². The average molecular weight is 230 g/mol. The largest absolute Gasteiger partial charge is 0.368 e. The fraction of sp³-hybridized carbons (Fsp3) is 0.385. The molecule has 1 aromatic carbocycles. The van der Waals surface area contributed by atoms with Crippen LogP contribution in [0, 0.1) is 0 Å². The molecule has 0 saturated heterocycles. The van der Waals surface area contributed by atoms with Gasteiger partial charge in [0.15, 0.2) is 5.82 Å². The van der Waals surface area contributed by atoms with Gasteiger partial charge in [0.05, 0.1) is 6.20 Å². The number of benzene rings is 1. The number of nitrogens with one attached hydrogen (secondary N) is 1. The molecular formula is C13H18N4. The second kappa shape index (κ2) is 5.59. The van der Waals surface area contributed by atoms with Crippen molar-refractivity contribution in [1.82, 2.24) is 15.1 Å². The van der Waals surface area contributed by atoms with Crippen LogP contribution in [0.1, 0.15) is 6.42 Å². The van der Waals surface area contributed by atoms with Crippen LogP contribution in [0.5, 0.6) is 0 Å². The highest BCUT2D eigenvalue weighted by molar-refractivity contribution is 5.90. The molecule has 0 saturated carbocycles. The zero-order chi connectivity index (χ0) is 12.1. The summed E-state index contributed by atoms with van der Waals surface area (Å²) in [6.45, 7) is 1.99. The van der Waals surface area contributed by atoms with E-state index in [9.17, 15) is 0 Å². The molecule has 0 aliphatic heterocycles. The van der Waals surface area contributed by atoms with E-state index in [1.54, 1.807) is 6.20 Å². The maximum Gasteiger partial charge on any atom is 0.156 e. The molecule has 1 aromatic heterocycles. The maximum atomic E-state index is 4.15. The van der Waals surface area contributed by atoms with Gasteiger partial charge in [-0.1, -0.05) is 24.3 Å². The average Bonchev–Trinajstić information content (AvgIpc) is 2.34. The van der Waals surface area contributed by atoms with Crippen LogP contribution in [0.25, 0.3) is 10.8 Å². The highest BCUT2D eigenvalue weighted by atomic mass is 15.2. The van der Waals surface area contributed by atoms with Crippen molar-refractivity contribution in [3.8, 4) is 0 Å². The lowest BCUT2D eigenvalue weighted by molar-refractivity contribution is 0.405. The quantitative estimate of drug-likeness (QED) is 0.798. The van der Waals surface area contributed by atoms with Crippen molar-refractivity contribution in [3.05, 3.63) is 30.5 Å². The number of hydrogen-bond donors (Lipinski definition) is 1. The van der Waals surface area contributed by atoms with E-state index in [2.05, 4.69) is 46.6 Å². The van der Waals surface area contributed by atoms with E-state index in [-0.39, 0.29) is 0 Å². The number of anilines is 1. The SMILES string of the molecule is CN(C)CCCNc1nncc2ccccc12. The molecule has 2 aromatic rings. The van der Waals surface area contributed by atoms with Crippen molar-refractivity contribution in [2.45, 2.75) is 6.42 Å². The molecule has 0 unspecified atom stereocenters. The molecule has 4 nitrogen and oxygen atoms in total. The summed E-state index contributed by atoms with van der Waals surface area (Å²) < 4.78 is 0. The maximum absolute atomic E-state index is 4.15. The van der Waals surface area contributed by atoms with E-state index >= 15 is 0 Å². The first-order chi connectivity index (χ1) is 8.27. The molecule has 0 aliphatic carbocycles. The summed E-state index contributed by atoms with van der Waals surface area (Å²) in [7, 11) is 4.16. The minimum absolute atomic E-state index is 0.877. The summed E-state index contributed by atoms with van der Waals surface area (Å²) in [5.41, 5.74) is 0. The van der Waals surface area contributed by atoms with Crippen LogP contribution in [-0.4, -0.2) is 42.3 Å². The molecule has 2 rings (SSSR count). The molecule has 1 N–H and O–H groups in total. The van der Waals surface area contributed by atoms with Crippen LogP contribution in [0.2, 0.25) is 0 Å². The van der Waals surface area contributed by atoms with Gasteiger partial charge in [0, 0.05) is 17.3 Å². The molecule has 90 valence electrons. The Morgan fingerprint density at radius 2 is 2.06 bits per heavy atom. The van der Waals surface area contributed by atoms with Crippen LogP contribution in [0.4, 0.5) is 5.82 Å². The third-order valence-electron chi connectivity index (χ3n) is 2.65. The van der Waals surface area contributed by atoms with Crippen molar-refractivity contribution in [2.24, 2.45) is 0 Å². The number of nitrogens with zero attached hydrogens (tertiary/aromatic N) is 3. The van der Waals surface area contributed by atoms with Gasteiger partial charge in [0.25, 0.3) is 0 Å². The topological polar surface area (TPSA) is 41.0 Å². The monoisotopic (exact) mass is 230 g/mol. The summed E-state index contributed by atoms with van der Waals surface area (Å²) in [4.78, 5) is 2.18. The molecule has 0 radical (unpaired) electrons. The lowest BCUT2D eigenvalue weighted by Gasteiger charge is -2.10. The minimum atomic E-state index is 0.877. The first kappa shape index (κ1) is 11.8. The van der Waals surface area contributed by atoms with Crippen LogP contribution in [0.3, 0.4) is 0 Å². The van der Waals surface area contributed by atoms with E-state index in [0.717, 1.165) is 36.1 Å². The summed E-state index contributed by atoms with van der Waals surface area (Å²) in [5.74, 6) is 0.877. The van der Waals surface area contributed by atoms with Gasteiger partial charge in [-0.25, -0.2) is 0 Å². The minimum Gasteiger partial charge on any atom is -0.368 e. The Morgan fingerprint density at radius 1 is 1.24 bits per heavy atom. The summed E-state index contributed by atoms with van der Waals surface area (Å²) in [6, 6.07) is 8.15. The Hall–Kier alpha value is -1.68. The van der Waals surface area contributed by atoms with E-state index in [4.69, 9.17) is 0 Å². The first-order valence-corrected chi connectivity index (χ1v) is 5.86. The number of fused-ring (bicyclic) bond motifs is 1. The van der Waals surface area contributed by atoms with Crippen molar-refractivity contribution in [2.75, 3.05) is 32.5 Å². The van der Waals surface area contributed by atoms with Gasteiger partial charge in [0.2, 0.25) is 0 Å². The second-order valence-corrected chi connectivity index (χ2v) is 4.36. The lowest BCUT2D eigenvalue weighted by atomic mass is 10.2. The van der Waals surface area contributed by atoms with E-state index in [1.165, 1.54) is 0 Å². The zero-order valence-corrected chi connectivity index (χ0v) is 10.3. The predicted molar refractivity (Wildman–Crippen MR) is 71.2 cm³/mol. The van der Waals surface area contributed by atoms with Crippen LogP contribution >= 0.6 is 0 Å². The van der Waals surface area contributed by atoms with Crippen molar-refractivity contribution in [1.29, 1.82) is 0 Å². The van der Waals surface area contributed by atoms with Crippen molar-refractivity contribution < 1.29 is 0 Å².